The number of nitrogens with zero attached hydrogens (tertiary/aromatic N) is 1. The van der Waals surface area contributed by atoms with Crippen molar-refractivity contribution in [1.82, 2.24) is 4.90 Å². The van der Waals surface area contributed by atoms with Gasteiger partial charge >= 0.3 is 0 Å². The molecule has 0 aliphatic heterocycles. The molecule has 1 aromatic heterocycles. The van der Waals surface area contributed by atoms with Crippen molar-refractivity contribution in [3.8, 4) is 0 Å². The van der Waals surface area contributed by atoms with E-state index >= 15 is 0 Å². The van der Waals surface area contributed by atoms with E-state index in [2.05, 4.69) is 49.2 Å². The van der Waals surface area contributed by atoms with E-state index in [1.54, 1.807) is 7.11 Å². The summed E-state index contributed by atoms with van der Waals surface area (Å²) in [7, 11) is 1.73. The summed E-state index contributed by atoms with van der Waals surface area (Å²) < 4.78 is 11.4. The van der Waals surface area contributed by atoms with Crippen LogP contribution in [0.2, 0.25) is 0 Å². The minimum Gasteiger partial charge on any atom is -0.462 e. The molecule has 1 aromatic carbocycles. The SMILES string of the molecule is C=CCCC(O)(CCC=C)c1ccc(CN(CCCOC)Cc2cccc(C)c2)o1. The first-order valence-corrected chi connectivity index (χ1v) is 10.8. The predicted molar refractivity (Wildman–Crippen MR) is 123 cm³/mol. The number of hydrogen-bond acceptors (Lipinski definition) is 4. The lowest BCUT2D eigenvalue weighted by Crippen LogP contribution is -2.26. The molecule has 0 saturated carbocycles. The molecule has 0 unspecified atom stereocenters. The Hall–Kier alpha value is -2.14. The fourth-order valence-electron chi connectivity index (χ4n) is 3.70. The smallest absolute Gasteiger partial charge is 0.135 e. The zero-order valence-corrected chi connectivity index (χ0v) is 18.6. The van der Waals surface area contributed by atoms with Crippen LogP contribution in [0.3, 0.4) is 0 Å². The molecule has 0 atom stereocenters. The highest BCUT2D eigenvalue weighted by Gasteiger charge is 2.31. The Bertz CT molecular complexity index is 768. The molecule has 1 N–H and O–H groups in total. The van der Waals surface area contributed by atoms with Gasteiger partial charge in [0.15, 0.2) is 0 Å². The van der Waals surface area contributed by atoms with Crippen molar-refractivity contribution in [3.05, 3.63) is 84.4 Å². The van der Waals surface area contributed by atoms with E-state index in [1.807, 2.05) is 24.3 Å². The molecule has 0 fully saturated rings. The van der Waals surface area contributed by atoms with E-state index in [-0.39, 0.29) is 0 Å². The van der Waals surface area contributed by atoms with Gasteiger partial charge in [-0.05, 0) is 56.7 Å². The fourth-order valence-corrected chi connectivity index (χ4v) is 3.70. The van der Waals surface area contributed by atoms with Crippen LogP contribution < -0.4 is 0 Å². The Morgan fingerprint density at radius 3 is 2.47 bits per heavy atom. The molecule has 0 amide bonds. The number of furan rings is 1. The van der Waals surface area contributed by atoms with E-state index < -0.39 is 5.60 Å². The molecular weight excluding hydrogens is 374 g/mol. The summed E-state index contributed by atoms with van der Waals surface area (Å²) >= 11 is 0. The fraction of sp³-hybridized carbons (Fsp3) is 0.462. The standard InChI is InChI=1S/C26H37NO3/c1-5-7-15-26(28,16-8-6-2)25-14-13-24(30-25)21-27(17-10-18-29-4)20-23-12-9-11-22(3)19-23/h5-6,9,11-14,19,28H,1-2,7-8,10,15-18,20-21H2,3-4H3. The molecule has 2 rings (SSSR count). The Morgan fingerprint density at radius 1 is 1.10 bits per heavy atom. The van der Waals surface area contributed by atoms with Crippen molar-refractivity contribution in [1.29, 1.82) is 0 Å². The number of methoxy groups -OCH3 is 1. The molecule has 30 heavy (non-hydrogen) atoms. The first-order valence-electron chi connectivity index (χ1n) is 10.8. The van der Waals surface area contributed by atoms with Crippen LogP contribution in [0.4, 0.5) is 0 Å². The average molecular weight is 412 g/mol. The second kappa shape index (κ2) is 12.5. The van der Waals surface area contributed by atoms with Gasteiger partial charge in [-0.3, -0.25) is 4.90 Å². The van der Waals surface area contributed by atoms with Crippen molar-refractivity contribution >= 4 is 0 Å². The zero-order valence-electron chi connectivity index (χ0n) is 18.6. The van der Waals surface area contributed by atoms with Crippen LogP contribution in [0, 0.1) is 6.92 Å². The van der Waals surface area contributed by atoms with E-state index in [4.69, 9.17) is 9.15 Å². The number of aryl methyl sites for hydroxylation is 1. The molecule has 2 aromatic rings. The molecule has 164 valence electrons. The maximum absolute atomic E-state index is 11.2. The topological polar surface area (TPSA) is 45.8 Å². The van der Waals surface area contributed by atoms with Crippen LogP contribution in [0.5, 0.6) is 0 Å². The van der Waals surface area contributed by atoms with Gasteiger partial charge < -0.3 is 14.3 Å². The van der Waals surface area contributed by atoms with Crippen LogP contribution in [0.25, 0.3) is 0 Å². The summed E-state index contributed by atoms with van der Waals surface area (Å²) in [5, 5.41) is 11.2. The van der Waals surface area contributed by atoms with Crippen LogP contribution in [-0.2, 0) is 23.4 Å². The number of benzene rings is 1. The van der Waals surface area contributed by atoms with Gasteiger partial charge in [-0.25, -0.2) is 0 Å². The largest absolute Gasteiger partial charge is 0.462 e. The Balaban J connectivity index is 2.13. The third kappa shape index (κ3) is 7.60. The molecule has 0 aliphatic rings. The maximum Gasteiger partial charge on any atom is 0.135 e. The van der Waals surface area contributed by atoms with Gasteiger partial charge in [-0.1, -0.05) is 42.0 Å². The molecule has 0 radical (unpaired) electrons. The summed E-state index contributed by atoms with van der Waals surface area (Å²) in [6, 6.07) is 12.5. The highest BCUT2D eigenvalue weighted by Crippen LogP contribution is 2.33. The highest BCUT2D eigenvalue weighted by molar-refractivity contribution is 5.22. The van der Waals surface area contributed by atoms with E-state index in [0.717, 1.165) is 44.7 Å². The van der Waals surface area contributed by atoms with Gasteiger partial charge in [-0.15, -0.1) is 13.2 Å². The quantitative estimate of drug-likeness (QED) is 0.299. The van der Waals surface area contributed by atoms with Gasteiger partial charge in [-0.2, -0.15) is 0 Å². The number of aliphatic hydroxyl groups is 1. The van der Waals surface area contributed by atoms with Crippen molar-refractivity contribution in [2.24, 2.45) is 0 Å². The summed E-state index contributed by atoms with van der Waals surface area (Å²) in [5.41, 5.74) is 1.56. The van der Waals surface area contributed by atoms with Gasteiger partial charge in [0, 0.05) is 26.8 Å². The number of rotatable bonds is 15. The second-order valence-corrected chi connectivity index (χ2v) is 8.00. The zero-order chi connectivity index (χ0) is 21.8. The predicted octanol–water partition coefficient (Wildman–Crippen LogP) is 5.75. The van der Waals surface area contributed by atoms with Crippen molar-refractivity contribution < 1.29 is 14.3 Å². The normalized spacial score (nSPS) is 11.7. The van der Waals surface area contributed by atoms with Crippen molar-refractivity contribution in [2.45, 2.75) is 57.7 Å². The van der Waals surface area contributed by atoms with Crippen LogP contribution in [0.15, 0.2) is 66.1 Å². The third-order valence-electron chi connectivity index (χ3n) is 5.34. The first kappa shape index (κ1) is 24.1. The molecule has 0 aliphatic carbocycles. The highest BCUT2D eigenvalue weighted by atomic mass is 16.5. The average Bonchev–Trinajstić information content (AvgIpc) is 3.20. The molecular formula is C26H37NO3. The van der Waals surface area contributed by atoms with Gasteiger partial charge in [0.25, 0.3) is 0 Å². The van der Waals surface area contributed by atoms with E-state index in [9.17, 15) is 5.11 Å². The summed E-state index contributed by atoms with van der Waals surface area (Å²) in [4.78, 5) is 2.36. The summed E-state index contributed by atoms with van der Waals surface area (Å²) in [6.45, 7) is 12.9. The van der Waals surface area contributed by atoms with Gasteiger partial charge in [0.05, 0.1) is 6.54 Å². The lowest BCUT2D eigenvalue weighted by Gasteiger charge is -2.25. The van der Waals surface area contributed by atoms with Gasteiger partial charge in [0.1, 0.15) is 17.1 Å². The molecule has 0 bridgehead atoms. The first-order chi connectivity index (χ1) is 14.5. The monoisotopic (exact) mass is 411 g/mol. The summed E-state index contributed by atoms with van der Waals surface area (Å²) in [6.07, 6.45) is 7.29. The van der Waals surface area contributed by atoms with Gasteiger partial charge in [0.2, 0.25) is 0 Å². The minimum absolute atomic E-state index is 0.595. The van der Waals surface area contributed by atoms with E-state index in [1.165, 1.54) is 11.1 Å². The van der Waals surface area contributed by atoms with Crippen LogP contribution >= 0.6 is 0 Å². The molecule has 0 saturated heterocycles. The Labute approximate surface area is 181 Å². The Kier molecular flexibility index (Phi) is 10.1. The third-order valence-corrected chi connectivity index (χ3v) is 5.34. The molecule has 1 heterocycles. The minimum atomic E-state index is -0.988. The second-order valence-electron chi connectivity index (χ2n) is 8.00. The Morgan fingerprint density at radius 2 is 1.83 bits per heavy atom. The lowest BCUT2D eigenvalue weighted by molar-refractivity contribution is -0.00217. The van der Waals surface area contributed by atoms with Crippen molar-refractivity contribution in [2.75, 3.05) is 20.3 Å². The van der Waals surface area contributed by atoms with Crippen molar-refractivity contribution in [3.63, 3.8) is 0 Å². The molecule has 0 spiro atoms. The number of allylic oxidation sites excluding steroid dienone is 2. The lowest BCUT2D eigenvalue weighted by atomic mass is 9.89. The van der Waals surface area contributed by atoms with E-state index in [0.29, 0.717) is 25.1 Å². The number of ether oxygens (including phenoxy) is 1. The van der Waals surface area contributed by atoms with Crippen LogP contribution in [0.1, 0.15) is 54.8 Å². The van der Waals surface area contributed by atoms with Crippen LogP contribution in [-0.4, -0.2) is 30.3 Å². The summed E-state index contributed by atoms with van der Waals surface area (Å²) in [5.74, 6) is 1.50. The molecule has 4 heteroatoms. The number of hydrogen-bond donors (Lipinski definition) is 1. The molecule has 4 nitrogen and oxygen atoms in total. The maximum atomic E-state index is 11.2.